The van der Waals surface area contributed by atoms with Crippen LogP contribution >= 0.6 is 0 Å². The summed E-state index contributed by atoms with van der Waals surface area (Å²) in [6.45, 7) is 5.81. The van der Waals surface area contributed by atoms with E-state index < -0.39 is 0 Å². The number of ether oxygens (including phenoxy) is 3. The molecule has 0 bridgehead atoms. The normalized spacial score (nSPS) is 33.8. The standard InChI is InChI=1S/C9H14O3/c1-2-8-7-11-9(12-8)3-5-10-6-4-9/h2,8H,1,3-7H2. The quantitative estimate of drug-likeness (QED) is 0.551. The van der Waals surface area contributed by atoms with Crippen molar-refractivity contribution < 1.29 is 14.2 Å². The van der Waals surface area contributed by atoms with Gasteiger partial charge in [-0.05, 0) is 0 Å². The molecule has 2 aliphatic rings. The fraction of sp³-hybridized carbons (Fsp3) is 0.778. The highest BCUT2D eigenvalue weighted by atomic mass is 16.7. The second-order valence-corrected chi connectivity index (χ2v) is 3.23. The van der Waals surface area contributed by atoms with Crippen molar-refractivity contribution in [2.45, 2.75) is 24.7 Å². The predicted octanol–water partition coefficient (Wildman–Crippen LogP) is 1.09. The van der Waals surface area contributed by atoms with Gasteiger partial charge in [-0.3, -0.25) is 0 Å². The van der Waals surface area contributed by atoms with Crippen molar-refractivity contribution in [2.75, 3.05) is 19.8 Å². The van der Waals surface area contributed by atoms with E-state index in [4.69, 9.17) is 14.2 Å². The Hall–Kier alpha value is -0.380. The van der Waals surface area contributed by atoms with Gasteiger partial charge < -0.3 is 14.2 Å². The molecule has 0 aliphatic carbocycles. The van der Waals surface area contributed by atoms with Crippen LogP contribution in [0.5, 0.6) is 0 Å². The molecule has 1 unspecified atom stereocenters. The lowest BCUT2D eigenvalue weighted by molar-refractivity contribution is -0.207. The Morgan fingerprint density at radius 2 is 2.08 bits per heavy atom. The molecule has 0 N–H and O–H groups in total. The Morgan fingerprint density at radius 1 is 1.33 bits per heavy atom. The van der Waals surface area contributed by atoms with Gasteiger partial charge >= 0.3 is 0 Å². The zero-order chi connectivity index (χ0) is 8.44. The monoisotopic (exact) mass is 170 g/mol. The molecule has 2 saturated heterocycles. The second-order valence-electron chi connectivity index (χ2n) is 3.23. The smallest absolute Gasteiger partial charge is 0.173 e. The first-order valence-electron chi connectivity index (χ1n) is 4.37. The first-order chi connectivity index (χ1) is 5.85. The second kappa shape index (κ2) is 3.17. The van der Waals surface area contributed by atoms with E-state index in [0.717, 1.165) is 26.1 Å². The molecule has 0 saturated carbocycles. The Kier molecular flexibility index (Phi) is 2.17. The lowest BCUT2D eigenvalue weighted by Gasteiger charge is -2.31. The maximum absolute atomic E-state index is 5.72. The summed E-state index contributed by atoms with van der Waals surface area (Å²) in [5.74, 6) is -0.350. The minimum Gasteiger partial charge on any atom is -0.381 e. The van der Waals surface area contributed by atoms with E-state index in [1.54, 1.807) is 6.08 Å². The van der Waals surface area contributed by atoms with Crippen molar-refractivity contribution in [1.82, 2.24) is 0 Å². The minimum absolute atomic E-state index is 0.0723. The third-order valence-corrected chi connectivity index (χ3v) is 2.39. The Morgan fingerprint density at radius 3 is 2.67 bits per heavy atom. The molecule has 0 aromatic heterocycles. The van der Waals surface area contributed by atoms with E-state index in [1.807, 2.05) is 0 Å². The van der Waals surface area contributed by atoms with Gasteiger partial charge in [0.05, 0.1) is 19.8 Å². The Labute approximate surface area is 72.3 Å². The average Bonchev–Trinajstić information content (AvgIpc) is 2.50. The van der Waals surface area contributed by atoms with Crippen LogP contribution < -0.4 is 0 Å². The summed E-state index contributed by atoms with van der Waals surface area (Å²) in [6, 6.07) is 0. The molecule has 1 atom stereocenters. The molecule has 3 nitrogen and oxygen atoms in total. The van der Waals surface area contributed by atoms with Gasteiger partial charge in [0.1, 0.15) is 6.10 Å². The van der Waals surface area contributed by atoms with Crippen molar-refractivity contribution in [3.05, 3.63) is 12.7 Å². The summed E-state index contributed by atoms with van der Waals surface area (Å²) in [7, 11) is 0. The first-order valence-corrected chi connectivity index (χ1v) is 4.37. The van der Waals surface area contributed by atoms with E-state index in [9.17, 15) is 0 Å². The number of rotatable bonds is 1. The maximum Gasteiger partial charge on any atom is 0.173 e. The van der Waals surface area contributed by atoms with Crippen LogP contribution in [0, 0.1) is 0 Å². The van der Waals surface area contributed by atoms with Gasteiger partial charge in [-0.25, -0.2) is 0 Å². The van der Waals surface area contributed by atoms with Crippen LogP contribution in [0.1, 0.15) is 12.8 Å². The topological polar surface area (TPSA) is 27.7 Å². The predicted molar refractivity (Wildman–Crippen MR) is 43.8 cm³/mol. The number of hydrogen-bond donors (Lipinski definition) is 0. The highest BCUT2D eigenvalue weighted by Crippen LogP contribution is 2.33. The molecule has 0 radical (unpaired) electrons. The molecule has 2 heterocycles. The molecule has 68 valence electrons. The molecule has 2 fully saturated rings. The minimum atomic E-state index is -0.350. The molecular formula is C9H14O3. The van der Waals surface area contributed by atoms with E-state index in [0.29, 0.717) is 6.61 Å². The van der Waals surface area contributed by atoms with Gasteiger partial charge in [-0.2, -0.15) is 0 Å². The van der Waals surface area contributed by atoms with Crippen LogP contribution in [-0.2, 0) is 14.2 Å². The van der Waals surface area contributed by atoms with E-state index in [2.05, 4.69) is 6.58 Å². The maximum atomic E-state index is 5.72. The molecule has 0 aromatic rings. The summed E-state index contributed by atoms with van der Waals surface area (Å²) in [5.41, 5.74) is 0. The lowest BCUT2D eigenvalue weighted by atomic mass is 10.1. The van der Waals surface area contributed by atoms with Crippen LogP contribution in [0.4, 0.5) is 0 Å². The van der Waals surface area contributed by atoms with Crippen LogP contribution in [0.25, 0.3) is 0 Å². The third kappa shape index (κ3) is 1.40. The fourth-order valence-corrected chi connectivity index (χ4v) is 1.64. The summed E-state index contributed by atoms with van der Waals surface area (Å²) >= 11 is 0. The highest BCUT2D eigenvalue weighted by molar-refractivity contribution is 4.89. The van der Waals surface area contributed by atoms with E-state index in [-0.39, 0.29) is 11.9 Å². The fourth-order valence-electron chi connectivity index (χ4n) is 1.64. The van der Waals surface area contributed by atoms with Crippen molar-refractivity contribution >= 4 is 0 Å². The Balaban J connectivity index is 1.98. The molecule has 12 heavy (non-hydrogen) atoms. The highest BCUT2D eigenvalue weighted by Gasteiger charge is 2.41. The summed E-state index contributed by atoms with van der Waals surface area (Å²) in [5, 5.41) is 0. The van der Waals surface area contributed by atoms with Crippen LogP contribution in [0.15, 0.2) is 12.7 Å². The Bertz CT molecular complexity index is 173. The van der Waals surface area contributed by atoms with Crippen LogP contribution in [0.2, 0.25) is 0 Å². The molecule has 2 rings (SSSR count). The van der Waals surface area contributed by atoms with Gasteiger partial charge in [0, 0.05) is 12.8 Å². The van der Waals surface area contributed by atoms with Gasteiger partial charge in [-0.1, -0.05) is 6.08 Å². The van der Waals surface area contributed by atoms with Crippen molar-refractivity contribution in [3.63, 3.8) is 0 Å². The van der Waals surface area contributed by atoms with Crippen LogP contribution in [-0.4, -0.2) is 31.7 Å². The van der Waals surface area contributed by atoms with Crippen molar-refractivity contribution in [3.8, 4) is 0 Å². The summed E-state index contributed by atoms with van der Waals surface area (Å²) in [6.07, 6.45) is 3.56. The van der Waals surface area contributed by atoms with E-state index >= 15 is 0 Å². The SMILES string of the molecule is C=CC1COC2(CCOCC2)O1. The van der Waals surface area contributed by atoms with Gasteiger partial charge in [-0.15, -0.1) is 6.58 Å². The zero-order valence-electron chi connectivity index (χ0n) is 7.12. The van der Waals surface area contributed by atoms with Crippen LogP contribution in [0.3, 0.4) is 0 Å². The first kappa shape index (κ1) is 8.23. The lowest BCUT2D eigenvalue weighted by Crippen LogP contribution is -2.37. The van der Waals surface area contributed by atoms with Gasteiger partial charge in [0.15, 0.2) is 5.79 Å². The summed E-state index contributed by atoms with van der Waals surface area (Å²) < 4.78 is 16.6. The van der Waals surface area contributed by atoms with Crippen molar-refractivity contribution in [2.24, 2.45) is 0 Å². The van der Waals surface area contributed by atoms with Gasteiger partial charge in [0.2, 0.25) is 0 Å². The van der Waals surface area contributed by atoms with Gasteiger partial charge in [0.25, 0.3) is 0 Å². The average molecular weight is 170 g/mol. The molecule has 1 spiro atoms. The number of hydrogen-bond acceptors (Lipinski definition) is 3. The molecule has 2 aliphatic heterocycles. The largest absolute Gasteiger partial charge is 0.381 e. The molecule has 0 aromatic carbocycles. The molecular weight excluding hydrogens is 156 g/mol. The molecule has 3 heteroatoms. The summed E-state index contributed by atoms with van der Waals surface area (Å²) in [4.78, 5) is 0. The van der Waals surface area contributed by atoms with E-state index in [1.165, 1.54) is 0 Å². The molecule has 0 amide bonds. The third-order valence-electron chi connectivity index (χ3n) is 2.39. The van der Waals surface area contributed by atoms with Crippen molar-refractivity contribution in [1.29, 1.82) is 0 Å². The zero-order valence-corrected chi connectivity index (χ0v) is 7.12.